The second kappa shape index (κ2) is 20.3. The van der Waals surface area contributed by atoms with E-state index in [1.54, 1.807) is 5.56 Å². The highest BCUT2D eigenvalue weighted by atomic mass is 14.3. The van der Waals surface area contributed by atoms with Gasteiger partial charge < -0.3 is 0 Å². The van der Waals surface area contributed by atoms with Gasteiger partial charge in [0.2, 0.25) is 0 Å². The maximum atomic E-state index is 2.34. The van der Waals surface area contributed by atoms with Gasteiger partial charge in [0.25, 0.3) is 0 Å². The summed E-state index contributed by atoms with van der Waals surface area (Å²) in [6.07, 6.45) is 2.81. The third-order valence-electron chi connectivity index (χ3n) is 4.89. The first-order valence-electron chi connectivity index (χ1n) is 13.0. The molecule has 184 valence electrons. The van der Waals surface area contributed by atoms with Crippen LogP contribution < -0.4 is 0 Å². The predicted octanol–water partition coefficient (Wildman–Crippen LogP) is 10.9. The smallest absolute Gasteiger partial charge is 0.0159 e. The Hall–Kier alpha value is -2.34. The molecule has 1 aliphatic carbocycles. The average molecular weight is 449 g/mol. The van der Waals surface area contributed by atoms with Gasteiger partial charge in [-0.25, -0.2) is 0 Å². The lowest BCUT2D eigenvalue weighted by atomic mass is 10.0. The molecular formula is C33H52. The van der Waals surface area contributed by atoms with E-state index in [1.807, 2.05) is 41.5 Å². The molecule has 33 heavy (non-hydrogen) atoms. The molecule has 4 rings (SSSR count). The number of hydrogen-bond donors (Lipinski definition) is 0. The minimum atomic E-state index is 0.898. The molecule has 0 unspecified atom stereocenters. The molecule has 0 radical (unpaired) electrons. The highest BCUT2D eigenvalue weighted by Gasteiger charge is 2.24. The standard InChI is InChI=1S/C11H14.2C8H10.3C2H6/c1-8-3-4-9(2)11(7-8)10-5-6-10;2*1-7-3-5-8(2)6-4-7;3*1-2/h3-4,7,10H,5-6H2,1-2H3;2*3-6H,1-2H3;3*1-2H3. The zero-order valence-corrected chi connectivity index (χ0v) is 23.8. The van der Waals surface area contributed by atoms with Gasteiger partial charge in [-0.2, -0.15) is 0 Å². The van der Waals surface area contributed by atoms with Gasteiger partial charge in [0, 0.05) is 0 Å². The number of hydrogen-bond acceptors (Lipinski definition) is 0. The largest absolute Gasteiger partial charge is 0.0683 e. The van der Waals surface area contributed by atoms with E-state index in [1.165, 1.54) is 46.2 Å². The second-order valence-electron chi connectivity index (χ2n) is 7.94. The Morgan fingerprint density at radius 2 is 0.697 bits per heavy atom. The van der Waals surface area contributed by atoms with Crippen LogP contribution >= 0.6 is 0 Å². The van der Waals surface area contributed by atoms with Crippen molar-refractivity contribution in [2.75, 3.05) is 0 Å². The fourth-order valence-electron chi connectivity index (χ4n) is 2.87. The first-order valence-corrected chi connectivity index (χ1v) is 13.0. The highest BCUT2D eigenvalue weighted by molar-refractivity contribution is 5.35. The summed E-state index contributed by atoms with van der Waals surface area (Å²) in [6, 6.07) is 23.7. The number of benzene rings is 3. The van der Waals surface area contributed by atoms with E-state index in [9.17, 15) is 0 Å². The van der Waals surface area contributed by atoms with Crippen molar-refractivity contribution in [3.8, 4) is 0 Å². The Labute approximate surface area is 207 Å². The Kier molecular flexibility index (Phi) is 20.2. The first-order chi connectivity index (χ1) is 15.8. The van der Waals surface area contributed by atoms with Crippen molar-refractivity contribution in [3.63, 3.8) is 0 Å². The lowest BCUT2D eigenvalue weighted by Gasteiger charge is -2.03. The lowest BCUT2D eigenvalue weighted by Crippen LogP contribution is -1.86. The van der Waals surface area contributed by atoms with Crippen LogP contribution in [-0.2, 0) is 0 Å². The van der Waals surface area contributed by atoms with Crippen molar-refractivity contribution >= 4 is 0 Å². The van der Waals surface area contributed by atoms with Gasteiger partial charge in [-0.3, -0.25) is 0 Å². The third kappa shape index (κ3) is 16.0. The van der Waals surface area contributed by atoms with Crippen molar-refractivity contribution < 1.29 is 0 Å². The minimum Gasteiger partial charge on any atom is -0.0683 e. The van der Waals surface area contributed by atoms with E-state index in [-0.39, 0.29) is 0 Å². The van der Waals surface area contributed by atoms with Crippen molar-refractivity contribution in [2.24, 2.45) is 0 Å². The van der Waals surface area contributed by atoms with Gasteiger partial charge in [0.05, 0.1) is 0 Å². The van der Waals surface area contributed by atoms with Crippen molar-refractivity contribution in [1.29, 1.82) is 0 Å². The molecule has 1 saturated carbocycles. The summed E-state index contributed by atoms with van der Waals surface area (Å²) in [6.45, 7) is 24.8. The van der Waals surface area contributed by atoms with Crippen molar-refractivity contribution in [1.82, 2.24) is 0 Å². The maximum Gasteiger partial charge on any atom is -0.0159 e. The van der Waals surface area contributed by atoms with Gasteiger partial charge >= 0.3 is 0 Å². The molecule has 0 heterocycles. The van der Waals surface area contributed by atoms with E-state index in [0.29, 0.717) is 0 Å². The zero-order valence-electron chi connectivity index (χ0n) is 23.8. The molecule has 0 aromatic heterocycles. The fourth-order valence-corrected chi connectivity index (χ4v) is 2.87. The normalized spacial score (nSPS) is 10.7. The molecule has 0 spiro atoms. The van der Waals surface area contributed by atoms with E-state index in [4.69, 9.17) is 0 Å². The molecule has 0 aliphatic heterocycles. The summed E-state index contributed by atoms with van der Waals surface area (Å²) in [4.78, 5) is 0. The molecular weight excluding hydrogens is 396 g/mol. The van der Waals surface area contributed by atoms with Crippen LogP contribution in [-0.4, -0.2) is 0 Å². The fraction of sp³-hybridized carbons (Fsp3) is 0.455. The Morgan fingerprint density at radius 3 is 0.970 bits per heavy atom. The van der Waals surface area contributed by atoms with Crippen LogP contribution in [0.2, 0.25) is 0 Å². The molecule has 0 nitrogen and oxygen atoms in total. The summed E-state index contributed by atoms with van der Waals surface area (Å²) in [5, 5.41) is 0. The highest BCUT2D eigenvalue weighted by Crippen LogP contribution is 2.41. The van der Waals surface area contributed by atoms with Crippen LogP contribution in [0.4, 0.5) is 0 Å². The summed E-state index contributed by atoms with van der Waals surface area (Å²) < 4.78 is 0. The summed E-state index contributed by atoms with van der Waals surface area (Å²) in [5.74, 6) is 0.898. The van der Waals surface area contributed by atoms with Crippen molar-refractivity contribution in [2.45, 2.75) is 102 Å². The summed E-state index contributed by atoms with van der Waals surface area (Å²) in [5.41, 5.74) is 9.78. The monoisotopic (exact) mass is 448 g/mol. The van der Waals surface area contributed by atoms with Crippen LogP contribution in [0.5, 0.6) is 0 Å². The number of aryl methyl sites for hydroxylation is 6. The predicted molar refractivity (Wildman–Crippen MR) is 154 cm³/mol. The van der Waals surface area contributed by atoms with E-state index in [2.05, 4.69) is 108 Å². The summed E-state index contributed by atoms with van der Waals surface area (Å²) in [7, 11) is 0. The Bertz CT molecular complexity index is 733. The van der Waals surface area contributed by atoms with Crippen LogP contribution in [0, 0.1) is 41.5 Å². The molecule has 0 bridgehead atoms. The SMILES string of the molecule is CC.CC.CC.Cc1ccc(C)c(C2CC2)c1.Cc1ccc(C)cc1.Cc1ccc(C)cc1. The van der Waals surface area contributed by atoms with Gasteiger partial charge in [-0.05, 0) is 71.4 Å². The topological polar surface area (TPSA) is 0 Å². The first kappa shape index (κ1) is 32.8. The van der Waals surface area contributed by atoms with Gasteiger partial charge in [-0.15, -0.1) is 0 Å². The molecule has 3 aromatic carbocycles. The Balaban J connectivity index is 0. The van der Waals surface area contributed by atoms with Crippen LogP contribution in [0.1, 0.15) is 99.2 Å². The quantitative estimate of drug-likeness (QED) is 0.347. The van der Waals surface area contributed by atoms with Gasteiger partial charge in [-0.1, -0.05) is 136 Å². The molecule has 3 aromatic rings. The van der Waals surface area contributed by atoms with Crippen LogP contribution in [0.25, 0.3) is 0 Å². The average Bonchev–Trinajstić information content (AvgIpc) is 3.70. The third-order valence-corrected chi connectivity index (χ3v) is 4.89. The molecule has 0 saturated heterocycles. The molecule has 0 amide bonds. The molecule has 1 fully saturated rings. The summed E-state index contributed by atoms with van der Waals surface area (Å²) >= 11 is 0. The lowest BCUT2D eigenvalue weighted by molar-refractivity contribution is 1.09. The molecule has 0 atom stereocenters. The molecule has 0 N–H and O–H groups in total. The van der Waals surface area contributed by atoms with E-state index >= 15 is 0 Å². The van der Waals surface area contributed by atoms with E-state index < -0.39 is 0 Å². The molecule has 1 aliphatic rings. The second-order valence-corrected chi connectivity index (χ2v) is 7.94. The molecule has 0 heteroatoms. The van der Waals surface area contributed by atoms with Gasteiger partial charge in [0.15, 0.2) is 0 Å². The van der Waals surface area contributed by atoms with Crippen LogP contribution in [0.3, 0.4) is 0 Å². The van der Waals surface area contributed by atoms with E-state index in [0.717, 1.165) is 5.92 Å². The maximum absolute atomic E-state index is 2.34. The minimum absolute atomic E-state index is 0.898. The number of rotatable bonds is 1. The Morgan fingerprint density at radius 1 is 0.424 bits per heavy atom. The van der Waals surface area contributed by atoms with Crippen LogP contribution in [0.15, 0.2) is 66.7 Å². The zero-order chi connectivity index (χ0) is 25.8. The van der Waals surface area contributed by atoms with Gasteiger partial charge in [0.1, 0.15) is 0 Å². The van der Waals surface area contributed by atoms with Crippen molar-refractivity contribution in [3.05, 3.63) is 106 Å².